The van der Waals surface area contributed by atoms with E-state index in [1.165, 1.54) is 5.56 Å². The Bertz CT molecular complexity index is 410. The molecule has 1 amide bonds. The number of nitrogens with one attached hydrogen (secondary N) is 1. The van der Waals surface area contributed by atoms with Crippen LogP contribution in [0, 0.1) is 0 Å². The first-order valence-electron chi connectivity index (χ1n) is 6.42. The molecular formula is C15H23NO3. The first-order chi connectivity index (χ1) is 8.93. The quantitative estimate of drug-likeness (QED) is 0.802. The normalized spacial score (nSPS) is 11.2. The van der Waals surface area contributed by atoms with Gasteiger partial charge in [-0.2, -0.15) is 0 Å². The van der Waals surface area contributed by atoms with Gasteiger partial charge in [0.25, 0.3) is 5.91 Å². The molecule has 0 radical (unpaired) electrons. The van der Waals surface area contributed by atoms with Crippen LogP contribution >= 0.6 is 0 Å². The van der Waals surface area contributed by atoms with Crippen LogP contribution in [-0.2, 0) is 14.9 Å². The van der Waals surface area contributed by atoms with Gasteiger partial charge in [-0.1, -0.05) is 32.9 Å². The van der Waals surface area contributed by atoms with Crippen LogP contribution in [0.4, 0.5) is 0 Å². The maximum Gasteiger partial charge on any atom is 0.258 e. The van der Waals surface area contributed by atoms with Gasteiger partial charge in [0.05, 0.1) is 6.61 Å². The van der Waals surface area contributed by atoms with Crippen molar-refractivity contribution >= 4 is 5.91 Å². The van der Waals surface area contributed by atoms with Gasteiger partial charge in [0.2, 0.25) is 0 Å². The third kappa shape index (κ3) is 5.75. The summed E-state index contributed by atoms with van der Waals surface area (Å²) in [7, 11) is 1.60. The number of methoxy groups -OCH3 is 1. The predicted octanol–water partition coefficient (Wildman–Crippen LogP) is 2.13. The minimum Gasteiger partial charge on any atom is -0.484 e. The van der Waals surface area contributed by atoms with Crippen LogP contribution in [0.3, 0.4) is 0 Å². The summed E-state index contributed by atoms with van der Waals surface area (Å²) in [6, 6.07) is 7.84. The Morgan fingerprint density at radius 2 is 2.05 bits per heavy atom. The predicted molar refractivity (Wildman–Crippen MR) is 75.5 cm³/mol. The number of hydrogen-bond acceptors (Lipinski definition) is 3. The van der Waals surface area contributed by atoms with Crippen molar-refractivity contribution < 1.29 is 14.3 Å². The van der Waals surface area contributed by atoms with E-state index in [1.54, 1.807) is 7.11 Å². The summed E-state index contributed by atoms with van der Waals surface area (Å²) in [5.74, 6) is 0.576. The molecule has 4 heteroatoms. The lowest BCUT2D eigenvalue weighted by Crippen LogP contribution is -2.31. The van der Waals surface area contributed by atoms with Crippen molar-refractivity contribution in [3.05, 3.63) is 29.8 Å². The van der Waals surface area contributed by atoms with Crippen molar-refractivity contribution in [2.24, 2.45) is 0 Å². The first-order valence-corrected chi connectivity index (χ1v) is 6.42. The lowest BCUT2D eigenvalue weighted by molar-refractivity contribution is -0.123. The van der Waals surface area contributed by atoms with E-state index in [1.807, 2.05) is 18.2 Å². The first kappa shape index (κ1) is 15.5. The van der Waals surface area contributed by atoms with E-state index in [0.717, 1.165) is 0 Å². The highest BCUT2D eigenvalue weighted by Crippen LogP contribution is 2.25. The molecule has 0 heterocycles. The molecule has 0 bridgehead atoms. The maximum atomic E-state index is 11.5. The average Bonchev–Trinajstić information content (AvgIpc) is 2.36. The average molecular weight is 265 g/mol. The van der Waals surface area contributed by atoms with E-state index < -0.39 is 0 Å². The highest BCUT2D eigenvalue weighted by atomic mass is 16.5. The van der Waals surface area contributed by atoms with Crippen molar-refractivity contribution in [1.82, 2.24) is 5.32 Å². The number of amides is 1. The molecule has 1 rings (SSSR count). The molecule has 0 aliphatic carbocycles. The van der Waals surface area contributed by atoms with Gasteiger partial charge in [0.1, 0.15) is 5.75 Å². The molecule has 0 saturated carbocycles. The summed E-state index contributed by atoms with van der Waals surface area (Å²) in [4.78, 5) is 11.5. The molecule has 0 fully saturated rings. The Labute approximate surface area is 115 Å². The van der Waals surface area contributed by atoms with Crippen LogP contribution in [-0.4, -0.2) is 32.8 Å². The number of carbonyl (C=O) groups is 1. The third-order valence-electron chi connectivity index (χ3n) is 2.70. The van der Waals surface area contributed by atoms with Gasteiger partial charge in [-0.25, -0.2) is 0 Å². The minimum absolute atomic E-state index is 0.0251. The molecule has 0 aliphatic heterocycles. The van der Waals surface area contributed by atoms with E-state index in [4.69, 9.17) is 9.47 Å². The van der Waals surface area contributed by atoms with E-state index in [-0.39, 0.29) is 17.9 Å². The Morgan fingerprint density at radius 1 is 1.32 bits per heavy atom. The fourth-order valence-corrected chi connectivity index (χ4v) is 1.54. The van der Waals surface area contributed by atoms with Gasteiger partial charge in [0.15, 0.2) is 6.61 Å². The topological polar surface area (TPSA) is 47.6 Å². The van der Waals surface area contributed by atoms with Gasteiger partial charge in [-0.05, 0) is 23.1 Å². The van der Waals surface area contributed by atoms with Crippen molar-refractivity contribution in [3.8, 4) is 5.75 Å². The zero-order valence-electron chi connectivity index (χ0n) is 12.2. The van der Waals surface area contributed by atoms with E-state index in [9.17, 15) is 4.79 Å². The number of ether oxygens (including phenoxy) is 2. The smallest absolute Gasteiger partial charge is 0.258 e. The molecule has 0 unspecified atom stereocenters. The van der Waals surface area contributed by atoms with Crippen LogP contribution in [0.5, 0.6) is 5.75 Å². The van der Waals surface area contributed by atoms with Crippen molar-refractivity contribution in [2.75, 3.05) is 26.9 Å². The fourth-order valence-electron chi connectivity index (χ4n) is 1.54. The molecule has 0 saturated heterocycles. The van der Waals surface area contributed by atoms with Crippen molar-refractivity contribution in [2.45, 2.75) is 26.2 Å². The second kappa shape index (κ2) is 7.14. The number of rotatable bonds is 6. The fraction of sp³-hybridized carbons (Fsp3) is 0.533. The number of benzene rings is 1. The molecule has 1 aromatic rings. The third-order valence-corrected chi connectivity index (χ3v) is 2.70. The van der Waals surface area contributed by atoms with Gasteiger partial charge in [-0.3, -0.25) is 4.79 Å². The Morgan fingerprint density at radius 3 is 2.68 bits per heavy atom. The highest BCUT2D eigenvalue weighted by molar-refractivity contribution is 5.77. The van der Waals surface area contributed by atoms with Crippen LogP contribution < -0.4 is 10.1 Å². The second-order valence-corrected chi connectivity index (χ2v) is 5.41. The standard InChI is InChI=1S/C15H23NO3/c1-15(2,3)12-6-5-7-13(10-12)19-11-14(17)16-8-9-18-4/h5-7,10H,8-9,11H2,1-4H3,(H,16,17). The van der Waals surface area contributed by atoms with Crippen LogP contribution in [0.2, 0.25) is 0 Å². The minimum atomic E-state index is -0.141. The zero-order valence-corrected chi connectivity index (χ0v) is 12.2. The summed E-state index contributed by atoms with van der Waals surface area (Å²) < 4.78 is 10.3. The monoisotopic (exact) mass is 265 g/mol. The van der Waals surface area contributed by atoms with Gasteiger partial charge in [0, 0.05) is 13.7 Å². The van der Waals surface area contributed by atoms with E-state index in [2.05, 4.69) is 32.2 Å². The van der Waals surface area contributed by atoms with Crippen molar-refractivity contribution in [3.63, 3.8) is 0 Å². The molecule has 0 spiro atoms. The largest absolute Gasteiger partial charge is 0.484 e. The SMILES string of the molecule is COCCNC(=O)COc1cccc(C(C)(C)C)c1. The zero-order chi connectivity index (χ0) is 14.3. The molecule has 0 atom stereocenters. The highest BCUT2D eigenvalue weighted by Gasteiger charge is 2.14. The lowest BCUT2D eigenvalue weighted by atomic mass is 9.87. The van der Waals surface area contributed by atoms with Crippen LogP contribution in [0.25, 0.3) is 0 Å². The molecule has 106 valence electrons. The van der Waals surface area contributed by atoms with E-state index >= 15 is 0 Å². The second-order valence-electron chi connectivity index (χ2n) is 5.41. The maximum absolute atomic E-state index is 11.5. The summed E-state index contributed by atoms with van der Waals surface area (Å²) in [5.41, 5.74) is 1.25. The molecule has 0 aromatic heterocycles. The number of hydrogen-bond donors (Lipinski definition) is 1. The molecule has 0 aliphatic rings. The van der Waals surface area contributed by atoms with Crippen LogP contribution in [0.15, 0.2) is 24.3 Å². The Kier molecular flexibility index (Phi) is 5.83. The van der Waals surface area contributed by atoms with Gasteiger partial charge >= 0.3 is 0 Å². The summed E-state index contributed by atoms with van der Waals surface area (Å²) in [5, 5.41) is 2.71. The van der Waals surface area contributed by atoms with Crippen molar-refractivity contribution in [1.29, 1.82) is 0 Å². The summed E-state index contributed by atoms with van der Waals surface area (Å²) in [6.45, 7) is 7.46. The van der Waals surface area contributed by atoms with Gasteiger partial charge in [-0.15, -0.1) is 0 Å². The van der Waals surface area contributed by atoms with Crippen LogP contribution in [0.1, 0.15) is 26.3 Å². The molecule has 1 aromatic carbocycles. The molecule has 19 heavy (non-hydrogen) atoms. The summed E-state index contributed by atoms with van der Waals surface area (Å²) in [6.07, 6.45) is 0. The molecule has 4 nitrogen and oxygen atoms in total. The van der Waals surface area contributed by atoms with E-state index in [0.29, 0.717) is 18.9 Å². The summed E-state index contributed by atoms with van der Waals surface area (Å²) >= 11 is 0. The lowest BCUT2D eigenvalue weighted by Gasteiger charge is -2.19. The number of carbonyl (C=O) groups excluding carboxylic acids is 1. The molecular weight excluding hydrogens is 242 g/mol. The molecule has 1 N–H and O–H groups in total. The van der Waals surface area contributed by atoms with Gasteiger partial charge < -0.3 is 14.8 Å². The Balaban J connectivity index is 2.47. The Hall–Kier alpha value is -1.55.